The number of nitrogens with zero attached hydrogens (tertiary/aromatic N) is 1. The van der Waals surface area contributed by atoms with Gasteiger partial charge >= 0.3 is 12.4 Å². The van der Waals surface area contributed by atoms with Gasteiger partial charge in [0.1, 0.15) is 0 Å². The minimum absolute atomic E-state index is 0.211. The molecule has 0 bridgehead atoms. The molecule has 2 unspecified atom stereocenters. The molecule has 0 radical (unpaired) electrons. The van der Waals surface area contributed by atoms with Gasteiger partial charge in [-0.1, -0.05) is 0 Å². The number of carbonyl (C=O) groups is 1. The maximum absolute atomic E-state index is 12.9. The van der Waals surface area contributed by atoms with Crippen LogP contribution < -0.4 is 0 Å². The van der Waals surface area contributed by atoms with Crippen molar-refractivity contribution in [2.75, 3.05) is 26.3 Å². The van der Waals surface area contributed by atoms with E-state index in [2.05, 4.69) is 0 Å². The fourth-order valence-corrected chi connectivity index (χ4v) is 3.10. The molecule has 2 rings (SSSR count). The molecule has 1 aliphatic heterocycles. The molecule has 0 aromatic rings. The molecular formula is C13H17F6NO2. The lowest BCUT2D eigenvalue weighted by molar-refractivity contribution is -0.228. The molecule has 0 spiro atoms. The van der Waals surface area contributed by atoms with E-state index in [1.807, 2.05) is 0 Å². The molecule has 128 valence electrons. The highest BCUT2D eigenvalue weighted by molar-refractivity contribution is 5.79. The maximum atomic E-state index is 12.9. The molecule has 2 fully saturated rings. The van der Waals surface area contributed by atoms with Crippen LogP contribution in [-0.2, 0) is 9.53 Å². The Hall–Kier alpha value is -0.990. The average Bonchev–Trinajstić information content (AvgIpc) is 2.45. The second-order valence-corrected chi connectivity index (χ2v) is 5.82. The molecular weight excluding hydrogens is 316 g/mol. The van der Waals surface area contributed by atoms with E-state index in [0.29, 0.717) is 0 Å². The summed E-state index contributed by atoms with van der Waals surface area (Å²) in [5.41, 5.74) is 0. The SMILES string of the molecule is O=C(C1CC(C(F)(F)F)CC(C(F)(F)F)C1)N1CCOCC1. The Morgan fingerprint density at radius 1 is 0.864 bits per heavy atom. The van der Waals surface area contributed by atoms with Crippen LogP contribution >= 0.6 is 0 Å². The summed E-state index contributed by atoms with van der Waals surface area (Å²) >= 11 is 0. The lowest BCUT2D eigenvalue weighted by atomic mass is 9.74. The number of ether oxygens (including phenoxy) is 1. The minimum atomic E-state index is -4.71. The summed E-state index contributed by atoms with van der Waals surface area (Å²) in [6.45, 7) is 0.930. The summed E-state index contributed by atoms with van der Waals surface area (Å²) in [5.74, 6) is -6.01. The minimum Gasteiger partial charge on any atom is -0.378 e. The second-order valence-electron chi connectivity index (χ2n) is 5.82. The molecule has 9 heteroatoms. The van der Waals surface area contributed by atoms with Crippen molar-refractivity contribution >= 4 is 5.91 Å². The Bertz CT molecular complexity index is 380. The maximum Gasteiger partial charge on any atom is 0.391 e. The van der Waals surface area contributed by atoms with Gasteiger partial charge in [-0.05, 0) is 19.3 Å². The Morgan fingerprint density at radius 2 is 1.32 bits per heavy atom. The van der Waals surface area contributed by atoms with Gasteiger partial charge in [0.15, 0.2) is 0 Å². The van der Waals surface area contributed by atoms with Crippen molar-refractivity contribution in [2.24, 2.45) is 17.8 Å². The van der Waals surface area contributed by atoms with E-state index in [1.54, 1.807) is 0 Å². The Balaban J connectivity index is 2.13. The summed E-state index contributed by atoms with van der Waals surface area (Å²) in [6, 6.07) is 0. The van der Waals surface area contributed by atoms with Crippen molar-refractivity contribution in [2.45, 2.75) is 31.6 Å². The number of carbonyl (C=O) groups excluding carboxylic acids is 1. The zero-order valence-corrected chi connectivity index (χ0v) is 11.7. The van der Waals surface area contributed by atoms with Crippen LogP contribution in [0.3, 0.4) is 0 Å². The standard InChI is InChI=1S/C13H17F6NO2/c14-12(15,16)9-5-8(6-10(7-9)13(17,18)19)11(21)20-1-3-22-4-2-20/h8-10H,1-7H2. The molecule has 2 aliphatic rings. The average molecular weight is 333 g/mol. The fraction of sp³-hybridized carbons (Fsp3) is 0.923. The van der Waals surface area contributed by atoms with Crippen LogP contribution in [0, 0.1) is 17.8 Å². The lowest BCUT2D eigenvalue weighted by Crippen LogP contribution is -2.48. The highest BCUT2D eigenvalue weighted by Crippen LogP contribution is 2.48. The monoisotopic (exact) mass is 333 g/mol. The van der Waals surface area contributed by atoms with Gasteiger partial charge in [0.05, 0.1) is 25.0 Å². The fourth-order valence-electron chi connectivity index (χ4n) is 3.10. The van der Waals surface area contributed by atoms with E-state index in [0.717, 1.165) is 0 Å². The van der Waals surface area contributed by atoms with Crippen molar-refractivity contribution in [3.05, 3.63) is 0 Å². The largest absolute Gasteiger partial charge is 0.391 e. The van der Waals surface area contributed by atoms with Crippen molar-refractivity contribution in [3.63, 3.8) is 0 Å². The van der Waals surface area contributed by atoms with Crippen molar-refractivity contribution < 1.29 is 35.9 Å². The number of amides is 1. The van der Waals surface area contributed by atoms with Gasteiger partial charge in [-0.3, -0.25) is 4.79 Å². The van der Waals surface area contributed by atoms with Gasteiger partial charge < -0.3 is 9.64 Å². The van der Waals surface area contributed by atoms with Gasteiger partial charge in [0.2, 0.25) is 5.91 Å². The third-order valence-electron chi connectivity index (χ3n) is 4.30. The first kappa shape index (κ1) is 17.4. The molecule has 1 saturated heterocycles. The first-order valence-electron chi connectivity index (χ1n) is 7.09. The third-order valence-corrected chi connectivity index (χ3v) is 4.30. The van der Waals surface area contributed by atoms with E-state index in [9.17, 15) is 31.1 Å². The van der Waals surface area contributed by atoms with Crippen LogP contribution in [0.15, 0.2) is 0 Å². The zero-order valence-electron chi connectivity index (χ0n) is 11.7. The van der Waals surface area contributed by atoms with Crippen LogP contribution in [0.4, 0.5) is 26.3 Å². The highest BCUT2D eigenvalue weighted by Gasteiger charge is 2.53. The number of halogens is 6. The van der Waals surface area contributed by atoms with E-state index in [1.165, 1.54) is 4.90 Å². The number of hydrogen-bond donors (Lipinski definition) is 0. The number of rotatable bonds is 1. The van der Waals surface area contributed by atoms with Gasteiger partial charge in [0, 0.05) is 19.0 Å². The molecule has 22 heavy (non-hydrogen) atoms. The van der Waals surface area contributed by atoms with Gasteiger partial charge in [-0.15, -0.1) is 0 Å². The molecule has 3 nitrogen and oxygen atoms in total. The lowest BCUT2D eigenvalue weighted by Gasteiger charge is -2.38. The van der Waals surface area contributed by atoms with Crippen LogP contribution in [0.1, 0.15) is 19.3 Å². The van der Waals surface area contributed by atoms with E-state index in [4.69, 9.17) is 4.74 Å². The molecule has 0 aromatic carbocycles. The van der Waals surface area contributed by atoms with Crippen LogP contribution in [0.2, 0.25) is 0 Å². The summed E-state index contributed by atoms with van der Waals surface area (Å²) in [7, 11) is 0. The Morgan fingerprint density at radius 3 is 1.73 bits per heavy atom. The molecule has 2 atom stereocenters. The molecule has 1 aliphatic carbocycles. The van der Waals surface area contributed by atoms with E-state index in [-0.39, 0.29) is 26.3 Å². The number of alkyl halides is 6. The molecule has 1 saturated carbocycles. The third kappa shape index (κ3) is 4.05. The predicted octanol–water partition coefficient (Wildman–Crippen LogP) is 3.00. The van der Waals surface area contributed by atoms with Crippen LogP contribution in [0.25, 0.3) is 0 Å². The highest BCUT2D eigenvalue weighted by atomic mass is 19.4. The van der Waals surface area contributed by atoms with Crippen molar-refractivity contribution in [1.82, 2.24) is 4.90 Å². The van der Waals surface area contributed by atoms with E-state index >= 15 is 0 Å². The number of hydrogen-bond acceptors (Lipinski definition) is 2. The second kappa shape index (κ2) is 6.25. The summed E-state index contributed by atoms with van der Waals surface area (Å²) in [5, 5.41) is 0. The van der Waals surface area contributed by atoms with Gasteiger partial charge in [0.25, 0.3) is 0 Å². The Labute approximate surface area is 123 Å². The normalized spacial score (nSPS) is 31.2. The molecule has 1 heterocycles. The van der Waals surface area contributed by atoms with Crippen molar-refractivity contribution in [1.29, 1.82) is 0 Å². The van der Waals surface area contributed by atoms with Gasteiger partial charge in [-0.25, -0.2) is 0 Å². The molecule has 0 aromatic heterocycles. The Kier molecular flexibility index (Phi) is 4.93. The number of morpholine rings is 1. The van der Waals surface area contributed by atoms with Crippen LogP contribution in [-0.4, -0.2) is 49.5 Å². The predicted molar refractivity (Wildman–Crippen MR) is 63.8 cm³/mol. The van der Waals surface area contributed by atoms with E-state index < -0.39 is 55.3 Å². The van der Waals surface area contributed by atoms with Gasteiger partial charge in [-0.2, -0.15) is 26.3 Å². The summed E-state index contributed by atoms with van der Waals surface area (Å²) in [4.78, 5) is 13.5. The molecule has 1 amide bonds. The van der Waals surface area contributed by atoms with Crippen LogP contribution in [0.5, 0.6) is 0 Å². The quantitative estimate of drug-likeness (QED) is 0.691. The first-order chi connectivity index (χ1) is 10.1. The zero-order chi connectivity index (χ0) is 16.5. The topological polar surface area (TPSA) is 29.5 Å². The summed E-state index contributed by atoms with van der Waals surface area (Å²) in [6.07, 6.45) is -11.5. The smallest absolute Gasteiger partial charge is 0.378 e. The van der Waals surface area contributed by atoms with Crippen molar-refractivity contribution in [3.8, 4) is 0 Å². The summed E-state index contributed by atoms with van der Waals surface area (Å²) < 4.78 is 82.3. The molecule has 0 N–H and O–H groups in total. The first-order valence-corrected chi connectivity index (χ1v) is 7.09.